The van der Waals surface area contributed by atoms with Gasteiger partial charge >= 0.3 is 0 Å². The SMILES string of the molecule is CN(/N=C\c1cc(Br)cs1)c1ccc(Cl)nn1. The summed E-state index contributed by atoms with van der Waals surface area (Å²) in [6, 6.07) is 5.43. The standard InChI is InChI=1S/C10H8BrClN4S/c1-16(10-3-2-9(12)14-15-10)13-5-8-4-7(11)6-17-8/h2-6H,1H3/b13-5-. The van der Waals surface area contributed by atoms with Crippen LogP contribution >= 0.6 is 38.9 Å². The molecule has 0 radical (unpaired) electrons. The number of hydrogen-bond donors (Lipinski definition) is 0. The van der Waals surface area contributed by atoms with Crippen molar-refractivity contribution in [2.75, 3.05) is 12.1 Å². The number of hydrazone groups is 1. The van der Waals surface area contributed by atoms with E-state index in [1.165, 1.54) is 0 Å². The van der Waals surface area contributed by atoms with Crippen molar-refractivity contribution in [2.24, 2.45) is 5.10 Å². The summed E-state index contributed by atoms with van der Waals surface area (Å²) in [6.45, 7) is 0. The van der Waals surface area contributed by atoms with Gasteiger partial charge in [-0.25, -0.2) is 5.01 Å². The first-order chi connectivity index (χ1) is 8.15. The average Bonchev–Trinajstić information content (AvgIpc) is 2.73. The molecule has 17 heavy (non-hydrogen) atoms. The molecular formula is C10H8BrClN4S. The molecular weight excluding hydrogens is 324 g/mol. The molecule has 0 unspecified atom stereocenters. The highest BCUT2D eigenvalue weighted by Gasteiger charge is 2.01. The van der Waals surface area contributed by atoms with E-state index in [0.29, 0.717) is 11.0 Å². The summed E-state index contributed by atoms with van der Waals surface area (Å²) in [6.07, 6.45) is 1.77. The van der Waals surface area contributed by atoms with Crippen molar-refractivity contribution in [1.82, 2.24) is 10.2 Å². The molecule has 0 aliphatic heterocycles. The van der Waals surface area contributed by atoms with Gasteiger partial charge in [0.25, 0.3) is 0 Å². The number of halogens is 2. The van der Waals surface area contributed by atoms with Gasteiger partial charge in [-0.05, 0) is 34.1 Å². The van der Waals surface area contributed by atoms with E-state index in [1.807, 2.05) is 11.4 Å². The molecule has 2 heterocycles. The Kier molecular flexibility index (Phi) is 4.09. The number of rotatable bonds is 3. The molecule has 0 aromatic carbocycles. The zero-order valence-corrected chi connectivity index (χ0v) is 12.0. The highest BCUT2D eigenvalue weighted by Crippen LogP contribution is 2.18. The van der Waals surface area contributed by atoms with Crippen molar-refractivity contribution in [3.63, 3.8) is 0 Å². The number of anilines is 1. The molecule has 2 aromatic rings. The molecule has 0 saturated heterocycles. The zero-order chi connectivity index (χ0) is 12.3. The van der Waals surface area contributed by atoms with Crippen LogP contribution < -0.4 is 5.01 Å². The van der Waals surface area contributed by atoms with Crippen molar-refractivity contribution in [3.8, 4) is 0 Å². The van der Waals surface area contributed by atoms with Crippen molar-refractivity contribution in [3.05, 3.63) is 38.1 Å². The molecule has 4 nitrogen and oxygen atoms in total. The lowest BCUT2D eigenvalue weighted by molar-refractivity contribution is 0.922. The van der Waals surface area contributed by atoms with Crippen LogP contribution in [0.1, 0.15) is 4.88 Å². The summed E-state index contributed by atoms with van der Waals surface area (Å²) in [5.74, 6) is 0.640. The van der Waals surface area contributed by atoms with Gasteiger partial charge in [0.05, 0.1) is 6.21 Å². The minimum absolute atomic E-state index is 0.369. The van der Waals surface area contributed by atoms with Crippen LogP contribution in [-0.4, -0.2) is 23.5 Å². The van der Waals surface area contributed by atoms with E-state index in [4.69, 9.17) is 11.6 Å². The van der Waals surface area contributed by atoms with Crippen LogP contribution in [0.15, 0.2) is 33.2 Å². The van der Waals surface area contributed by atoms with Crippen molar-refractivity contribution in [1.29, 1.82) is 0 Å². The second-order valence-electron chi connectivity index (χ2n) is 3.15. The Morgan fingerprint density at radius 1 is 1.47 bits per heavy atom. The van der Waals surface area contributed by atoms with Gasteiger partial charge in [-0.3, -0.25) is 0 Å². The number of hydrogen-bond acceptors (Lipinski definition) is 5. The third-order valence-corrected chi connectivity index (χ3v) is 3.73. The molecule has 0 saturated carbocycles. The monoisotopic (exact) mass is 330 g/mol. The average molecular weight is 332 g/mol. The maximum absolute atomic E-state index is 5.66. The van der Waals surface area contributed by atoms with E-state index in [0.717, 1.165) is 9.35 Å². The second-order valence-corrected chi connectivity index (χ2v) is 5.40. The quantitative estimate of drug-likeness (QED) is 0.639. The van der Waals surface area contributed by atoms with Gasteiger partial charge in [0.2, 0.25) is 0 Å². The fraction of sp³-hybridized carbons (Fsp3) is 0.100. The lowest BCUT2D eigenvalue weighted by Crippen LogP contribution is -2.11. The Bertz CT molecular complexity index is 525. The lowest BCUT2D eigenvalue weighted by Gasteiger charge is -2.09. The van der Waals surface area contributed by atoms with Gasteiger partial charge in [0.15, 0.2) is 11.0 Å². The van der Waals surface area contributed by atoms with E-state index < -0.39 is 0 Å². The van der Waals surface area contributed by atoms with Gasteiger partial charge in [-0.1, -0.05) is 11.6 Å². The Labute approximate surface area is 116 Å². The van der Waals surface area contributed by atoms with E-state index in [1.54, 1.807) is 41.7 Å². The van der Waals surface area contributed by atoms with E-state index in [9.17, 15) is 0 Å². The van der Waals surface area contributed by atoms with Crippen molar-refractivity contribution < 1.29 is 0 Å². The van der Waals surface area contributed by atoms with Crippen LogP contribution in [0, 0.1) is 0 Å². The summed E-state index contributed by atoms with van der Waals surface area (Å²) < 4.78 is 1.05. The van der Waals surface area contributed by atoms with E-state index >= 15 is 0 Å². The second kappa shape index (κ2) is 5.57. The fourth-order valence-corrected chi connectivity index (χ4v) is 2.48. The molecule has 0 bridgehead atoms. The third-order valence-electron chi connectivity index (χ3n) is 1.90. The molecule has 0 atom stereocenters. The van der Waals surface area contributed by atoms with E-state index in [-0.39, 0.29) is 0 Å². The van der Waals surface area contributed by atoms with Crippen molar-refractivity contribution >= 4 is 50.9 Å². The molecule has 7 heteroatoms. The fourth-order valence-electron chi connectivity index (χ4n) is 1.08. The zero-order valence-electron chi connectivity index (χ0n) is 8.84. The Morgan fingerprint density at radius 2 is 2.29 bits per heavy atom. The smallest absolute Gasteiger partial charge is 0.171 e. The van der Waals surface area contributed by atoms with E-state index in [2.05, 4.69) is 31.2 Å². The van der Waals surface area contributed by atoms with Crippen LogP contribution in [0.2, 0.25) is 5.15 Å². The summed E-state index contributed by atoms with van der Waals surface area (Å²) in [5, 5.41) is 15.9. The Balaban J connectivity index is 2.08. The first-order valence-electron chi connectivity index (χ1n) is 4.66. The molecule has 0 amide bonds. The van der Waals surface area contributed by atoms with Gasteiger partial charge in [-0.2, -0.15) is 5.10 Å². The van der Waals surface area contributed by atoms with Crippen LogP contribution in [0.3, 0.4) is 0 Å². The van der Waals surface area contributed by atoms with Gasteiger partial charge in [0, 0.05) is 21.8 Å². The topological polar surface area (TPSA) is 41.4 Å². The number of aromatic nitrogens is 2. The van der Waals surface area contributed by atoms with Gasteiger partial charge in [0.1, 0.15) is 0 Å². The normalized spacial score (nSPS) is 11.0. The molecule has 2 aromatic heterocycles. The first-order valence-corrected chi connectivity index (χ1v) is 6.71. The summed E-state index contributed by atoms with van der Waals surface area (Å²) in [7, 11) is 1.80. The van der Waals surface area contributed by atoms with Crippen LogP contribution in [0.4, 0.5) is 5.82 Å². The number of thiophene rings is 1. The Hall–Kier alpha value is -0.980. The Morgan fingerprint density at radius 3 is 2.88 bits per heavy atom. The predicted octanol–water partition coefficient (Wildman–Crippen LogP) is 3.42. The largest absolute Gasteiger partial charge is 0.249 e. The molecule has 0 aliphatic carbocycles. The molecule has 2 rings (SSSR count). The molecule has 0 aliphatic rings. The van der Waals surface area contributed by atoms with Crippen LogP contribution in [0.25, 0.3) is 0 Å². The molecule has 0 N–H and O–H groups in total. The summed E-state index contributed by atoms with van der Waals surface area (Å²) in [5.41, 5.74) is 0. The van der Waals surface area contributed by atoms with Crippen LogP contribution in [-0.2, 0) is 0 Å². The molecule has 88 valence electrons. The van der Waals surface area contributed by atoms with Crippen LogP contribution in [0.5, 0.6) is 0 Å². The molecule has 0 spiro atoms. The third kappa shape index (κ3) is 3.49. The maximum atomic E-state index is 5.66. The van der Waals surface area contributed by atoms with Gasteiger partial charge < -0.3 is 0 Å². The predicted molar refractivity (Wildman–Crippen MR) is 75.1 cm³/mol. The number of nitrogens with zero attached hydrogens (tertiary/aromatic N) is 4. The first kappa shape index (κ1) is 12.5. The summed E-state index contributed by atoms with van der Waals surface area (Å²) >= 11 is 10.7. The maximum Gasteiger partial charge on any atom is 0.171 e. The minimum atomic E-state index is 0.369. The minimum Gasteiger partial charge on any atom is -0.249 e. The summed E-state index contributed by atoms with van der Waals surface area (Å²) in [4.78, 5) is 1.06. The molecule has 0 fully saturated rings. The highest BCUT2D eigenvalue weighted by molar-refractivity contribution is 9.10. The highest BCUT2D eigenvalue weighted by atomic mass is 79.9. The van der Waals surface area contributed by atoms with Crippen molar-refractivity contribution in [2.45, 2.75) is 0 Å². The van der Waals surface area contributed by atoms with Gasteiger partial charge in [-0.15, -0.1) is 21.5 Å². The lowest BCUT2D eigenvalue weighted by atomic mass is 10.5.